The zero-order valence-electron chi connectivity index (χ0n) is 30.4. The lowest BCUT2D eigenvalue weighted by atomic mass is 9.35. The average molecular weight is 705 g/mol. The maximum atomic E-state index is 2.62. The molecule has 0 amide bonds. The highest BCUT2D eigenvalue weighted by atomic mass is 28.3. The van der Waals surface area contributed by atoms with Crippen LogP contribution in [0.15, 0.2) is 188 Å². The molecule has 4 heteroatoms. The fourth-order valence-corrected chi connectivity index (χ4v) is 15.0. The third-order valence-electron chi connectivity index (χ3n) is 12.0. The minimum Gasteiger partial charge on any atom is -0.312 e. The van der Waals surface area contributed by atoms with Crippen LogP contribution in [-0.2, 0) is 0 Å². The van der Waals surface area contributed by atoms with Crippen molar-refractivity contribution in [1.29, 1.82) is 0 Å². The first-order valence-corrected chi connectivity index (χ1v) is 21.0. The molecule has 0 atom stereocenters. The first kappa shape index (κ1) is 31.2. The van der Waals surface area contributed by atoms with Crippen LogP contribution in [0.25, 0.3) is 27.5 Å². The monoisotopic (exact) mass is 704 g/mol. The Morgan fingerprint density at radius 2 is 1.02 bits per heavy atom. The Hall–Kier alpha value is -6.36. The largest absolute Gasteiger partial charge is 0.312 e. The van der Waals surface area contributed by atoms with E-state index in [0.717, 1.165) is 0 Å². The summed E-state index contributed by atoms with van der Waals surface area (Å²) < 4.78 is 2.48. The zero-order chi connectivity index (χ0) is 36.0. The van der Waals surface area contributed by atoms with E-state index in [9.17, 15) is 0 Å². The fraction of sp³-hybridized carbons (Fsp3) is 0.0400. The van der Waals surface area contributed by atoms with E-state index in [2.05, 4.69) is 211 Å². The van der Waals surface area contributed by atoms with Crippen LogP contribution in [-0.4, -0.2) is 19.4 Å². The highest BCUT2D eigenvalue weighted by molar-refractivity contribution is 7.22. The molecule has 0 radical (unpaired) electrons. The summed E-state index contributed by atoms with van der Waals surface area (Å²) in [7, 11) is -2.78. The molecule has 0 bridgehead atoms. The maximum absolute atomic E-state index is 2.78. The van der Waals surface area contributed by atoms with Crippen molar-refractivity contribution in [2.45, 2.75) is 13.8 Å². The Morgan fingerprint density at radius 1 is 0.444 bits per heavy atom. The minimum atomic E-state index is -2.78. The van der Waals surface area contributed by atoms with Crippen molar-refractivity contribution < 1.29 is 0 Å². The van der Waals surface area contributed by atoms with Crippen molar-refractivity contribution in [2.75, 3.05) is 4.90 Å². The standard InChI is InChI=1S/C50H37BN2Si/c1-34-25-29-44-40(31-34)41-32-35(2)26-30-45(41)52(44)37-27-28-42-47(33-37)53-46-22-12-13-23-48(46)54(38-17-8-4-9-18-38,39-19-10-5-11-20-39)49-24-14-21-43(50(49)53)51(42)36-15-6-3-7-16-36/h3-33H,1-2H3. The summed E-state index contributed by atoms with van der Waals surface area (Å²) in [6.45, 7) is 4.46. The molecule has 0 saturated carbocycles. The summed E-state index contributed by atoms with van der Waals surface area (Å²) in [4.78, 5) is 2.62. The Morgan fingerprint density at radius 3 is 1.67 bits per heavy atom. The Bertz CT molecular complexity index is 2820. The summed E-state index contributed by atoms with van der Waals surface area (Å²) in [6, 6.07) is 71.3. The molecule has 2 aliphatic rings. The lowest BCUT2D eigenvalue weighted by Crippen LogP contribution is -2.78. The quantitative estimate of drug-likeness (QED) is 0.174. The molecule has 54 heavy (non-hydrogen) atoms. The topological polar surface area (TPSA) is 8.17 Å². The molecule has 2 aliphatic heterocycles. The van der Waals surface area contributed by atoms with Crippen molar-refractivity contribution in [2.24, 2.45) is 0 Å². The van der Waals surface area contributed by atoms with Crippen LogP contribution >= 0.6 is 0 Å². The van der Waals surface area contributed by atoms with Gasteiger partial charge < -0.3 is 9.47 Å². The predicted octanol–water partition coefficient (Wildman–Crippen LogP) is 7.39. The number of para-hydroxylation sites is 2. The predicted molar refractivity (Wildman–Crippen MR) is 233 cm³/mol. The lowest BCUT2D eigenvalue weighted by Gasteiger charge is -2.49. The molecule has 0 spiro atoms. The SMILES string of the molecule is Cc1ccc2c(c1)c1cc(C)ccc1n2-c1ccc2c(c1)N1c3ccccc3[Si](c3ccccc3)(c3ccccc3)c3cccc(c31)B2c1ccccc1. The van der Waals surface area contributed by atoms with E-state index < -0.39 is 8.07 Å². The van der Waals surface area contributed by atoms with Crippen molar-refractivity contribution >= 4 is 90.8 Å². The van der Waals surface area contributed by atoms with Crippen molar-refractivity contribution in [1.82, 2.24) is 4.57 Å². The van der Waals surface area contributed by atoms with Gasteiger partial charge in [0.2, 0.25) is 6.71 Å². The van der Waals surface area contributed by atoms with Gasteiger partial charge >= 0.3 is 0 Å². The van der Waals surface area contributed by atoms with E-state index in [1.165, 1.54) is 92.8 Å². The van der Waals surface area contributed by atoms with E-state index in [1.807, 2.05) is 0 Å². The van der Waals surface area contributed by atoms with Crippen molar-refractivity contribution in [3.63, 3.8) is 0 Å². The molecular weight excluding hydrogens is 667 g/mol. The fourth-order valence-electron chi connectivity index (χ4n) is 9.82. The van der Waals surface area contributed by atoms with Gasteiger partial charge in [-0.2, -0.15) is 0 Å². The van der Waals surface area contributed by atoms with Crippen LogP contribution in [0, 0.1) is 13.8 Å². The second kappa shape index (κ2) is 11.8. The maximum Gasteiger partial charge on any atom is 0.246 e. The Balaban J connectivity index is 1.26. The van der Waals surface area contributed by atoms with Gasteiger partial charge in [-0.05, 0) is 88.0 Å². The van der Waals surface area contributed by atoms with Crippen LogP contribution in [0.1, 0.15) is 11.1 Å². The van der Waals surface area contributed by atoms with Crippen LogP contribution in [0.2, 0.25) is 0 Å². The number of rotatable bonds is 4. The summed E-state index contributed by atoms with van der Waals surface area (Å²) >= 11 is 0. The molecule has 0 fully saturated rings. The molecule has 9 aromatic rings. The molecule has 2 nitrogen and oxygen atoms in total. The van der Waals surface area contributed by atoms with Gasteiger partial charge in [-0.25, -0.2) is 0 Å². The molecule has 3 heterocycles. The Kier molecular flexibility index (Phi) is 6.83. The van der Waals surface area contributed by atoms with Crippen molar-refractivity contribution in [3.8, 4) is 5.69 Å². The van der Waals surface area contributed by atoms with E-state index in [4.69, 9.17) is 0 Å². The normalized spacial score (nSPS) is 13.8. The van der Waals surface area contributed by atoms with Gasteiger partial charge in [-0.1, -0.05) is 162 Å². The second-order valence-electron chi connectivity index (χ2n) is 15.0. The number of hydrogen-bond donors (Lipinski definition) is 0. The van der Waals surface area contributed by atoms with Gasteiger partial charge in [-0.3, -0.25) is 0 Å². The van der Waals surface area contributed by atoms with Gasteiger partial charge in [0.15, 0.2) is 8.07 Å². The van der Waals surface area contributed by atoms with Crippen LogP contribution in [0.4, 0.5) is 17.1 Å². The minimum absolute atomic E-state index is 0.0772. The second-order valence-corrected chi connectivity index (χ2v) is 18.8. The lowest BCUT2D eigenvalue weighted by molar-refractivity contribution is 1.17. The van der Waals surface area contributed by atoms with E-state index in [-0.39, 0.29) is 6.71 Å². The van der Waals surface area contributed by atoms with Gasteiger partial charge in [-0.15, -0.1) is 0 Å². The molecule has 0 saturated heterocycles. The van der Waals surface area contributed by atoms with E-state index >= 15 is 0 Å². The molecular formula is C50H37BN2Si. The van der Waals surface area contributed by atoms with E-state index in [0.29, 0.717) is 0 Å². The molecule has 11 rings (SSSR count). The first-order chi connectivity index (χ1) is 26.6. The zero-order valence-corrected chi connectivity index (χ0v) is 31.4. The van der Waals surface area contributed by atoms with Crippen LogP contribution in [0.5, 0.6) is 0 Å². The van der Waals surface area contributed by atoms with E-state index in [1.54, 1.807) is 0 Å². The van der Waals surface area contributed by atoms with Crippen LogP contribution < -0.4 is 42.0 Å². The Labute approximate surface area is 317 Å². The number of benzene rings is 8. The molecule has 0 N–H and O–H groups in total. The summed E-state index contributed by atoms with van der Waals surface area (Å²) in [5.41, 5.74) is 14.0. The highest BCUT2D eigenvalue weighted by Gasteiger charge is 2.51. The summed E-state index contributed by atoms with van der Waals surface area (Å²) in [6.07, 6.45) is 0. The molecule has 0 unspecified atom stereocenters. The smallest absolute Gasteiger partial charge is 0.246 e. The number of aryl methyl sites for hydroxylation is 2. The number of anilines is 3. The average Bonchev–Trinajstić information content (AvgIpc) is 3.54. The number of aromatic nitrogens is 1. The van der Waals surface area contributed by atoms with Crippen LogP contribution in [0.3, 0.4) is 0 Å². The molecule has 0 aliphatic carbocycles. The summed E-state index contributed by atoms with van der Waals surface area (Å²) in [5, 5.41) is 8.27. The first-order valence-electron chi connectivity index (χ1n) is 19.0. The van der Waals surface area contributed by atoms with Gasteiger partial charge in [0, 0.05) is 33.5 Å². The third-order valence-corrected chi connectivity index (χ3v) is 16.8. The number of nitrogens with zero attached hydrogens (tertiary/aromatic N) is 2. The van der Waals surface area contributed by atoms with Gasteiger partial charge in [0.25, 0.3) is 0 Å². The van der Waals surface area contributed by atoms with Gasteiger partial charge in [0.1, 0.15) is 0 Å². The highest BCUT2D eigenvalue weighted by Crippen LogP contribution is 2.41. The van der Waals surface area contributed by atoms with Crippen molar-refractivity contribution in [3.05, 3.63) is 199 Å². The third kappa shape index (κ3) is 4.29. The molecule has 254 valence electrons. The molecule has 1 aromatic heterocycles. The van der Waals surface area contributed by atoms with Gasteiger partial charge in [0.05, 0.1) is 11.0 Å². The summed E-state index contributed by atoms with van der Waals surface area (Å²) in [5.74, 6) is 0. The number of fused-ring (bicyclic) bond motifs is 7. The molecule has 8 aromatic carbocycles. The number of hydrogen-bond acceptors (Lipinski definition) is 1.